The van der Waals surface area contributed by atoms with Gasteiger partial charge in [0.15, 0.2) is 6.29 Å². The van der Waals surface area contributed by atoms with E-state index in [9.17, 15) is 4.79 Å². The second-order valence-corrected chi connectivity index (χ2v) is 4.58. The summed E-state index contributed by atoms with van der Waals surface area (Å²) < 4.78 is 2.01. The number of nitrogens with zero attached hydrogens (tertiary/aromatic N) is 1. The molecule has 0 bridgehead atoms. The zero-order valence-electron chi connectivity index (χ0n) is 10.3. The summed E-state index contributed by atoms with van der Waals surface area (Å²) in [6, 6.07) is 12.2. The molecule has 88 valence electrons. The van der Waals surface area contributed by atoms with E-state index < -0.39 is 0 Å². The third kappa shape index (κ3) is 2.64. The van der Waals surface area contributed by atoms with E-state index in [1.165, 1.54) is 11.1 Å². The number of benzene rings is 1. The van der Waals surface area contributed by atoms with Gasteiger partial charge in [-0.2, -0.15) is 0 Å². The van der Waals surface area contributed by atoms with E-state index in [-0.39, 0.29) is 0 Å². The Morgan fingerprint density at radius 3 is 2.53 bits per heavy atom. The number of hydrogen-bond acceptors (Lipinski definition) is 1. The number of carbonyl (C=O) groups excluding carboxylic acids is 1. The largest absolute Gasteiger partial charge is 0.341 e. The second-order valence-electron chi connectivity index (χ2n) is 4.58. The fourth-order valence-corrected chi connectivity index (χ4v) is 1.88. The summed E-state index contributed by atoms with van der Waals surface area (Å²) in [5, 5.41) is 0. The first kappa shape index (κ1) is 11.6. The lowest BCUT2D eigenvalue weighted by Gasteiger charge is -2.05. The Bertz CT molecular complexity index is 497. The summed E-state index contributed by atoms with van der Waals surface area (Å²) in [4.78, 5) is 11.0. The lowest BCUT2D eigenvalue weighted by Crippen LogP contribution is -2.01. The number of hydrogen-bond donors (Lipinski definition) is 0. The Morgan fingerprint density at radius 1 is 1.24 bits per heavy atom. The molecule has 0 N–H and O–H groups in total. The summed E-state index contributed by atoms with van der Waals surface area (Å²) in [7, 11) is 0. The van der Waals surface area contributed by atoms with Gasteiger partial charge in [-0.3, -0.25) is 4.79 Å². The Kier molecular flexibility index (Phi) is 3.43. The van der Waals surface area contributed by atoms with Crippen molar-refractivity contribution in [3.63, 3.8) is 0 Å². The van der Waals surface area contributed by atoms with Crippen molar-refractivity contribution < 1.29 is 4.79 Å². The van der Waals surface area contributed by atoms with Crippen LogP contribution in [0.5, 0.6) is 0 Å². The van der Waals surface area contributed by atoms with Crippen molar-refractivity contribution >= 4 is 6.29 Å². The van der Waals surface area contributed by atoms with Gasteiger partial charge in [0.05, 0.1) is 5.69 Å². The number of aldehydes is 1. The van der Waals surface area contributed by atoms with Crippen LogP contribution in [-0.2, 0) is 6.54 Å². The highest BCUT2D eigenvalue weighted by molar-refractivity contribution is 5.73. The topological polar surface area (TPSA) is 22.0 Å². The van der Waals surface area contributed by atoms with Gasteiger partial charge in [-0.25, -0.2) is 0 Å². The molecule has 0 aliphatic heterocycles. The molecule has 0 radical (unpaired) electrons. The van der Waals surface area contributed by atoms with Crippen LogP contribution >= 0.6 is 0 Å². The van der Waals surface area contributed by atoms with Gasteiger partial charge in [0.1, 0.15) is 0 Å². The average Bonchev–Trinajstić information content (AvgIpc) is 2.74. The van der Waals surface area contributed by atoms with Crippen LogP contribution in [0.4, 0.5) is 0 Å². The fourth-order valence-electron chi connectivity index (χ4n) is 1.88. The van der Waals surface area contributed by atoms with Gasteiger partial charge in [0.25, 0.3) is 0 Å². The zero-order valence-corrected chi connectivity index (χ0v) is 10.3. The minimum absolute atomic E-state index is 0.450. The minimum Gasteiger partial charge on any atom is -0.341 e. The number of rotatable bonds is 4. The molecule has 0 aliphatic rings. The third-order valence-electron chi connectivity index (χ3n) is 2.93. The molecule has 1 aromatic heterocycles. The van der Waals surface area contributed by atoms with Crippen molar-refractivity contribution in [3.05, 3.63) is 59.4 Å². The Hall–Kier alpha value is -1.83. The van der Waals surface area contributed by atoms with Gasteiger partial charge >= 0.3 is 0 Å². The number of carbonyl (C=O) groups is 1. The quantitative estimate of drug-likeness (QED) is 0.733. The molecule has 0 amide bonds. The summed E-state index contributed by atoms with van der Waals surface area (Å²) in [6.45, 7) is 5.02. The highest BCUT2D eigenvalue weighted by Gasteiger charge is 2.08. The lowest BCUT2D eigenvalue weighted by molar-refractivity contribution is 0.111. The summed E-state index contributed by atoms with van der Waals surface area (Å²) in [6.07, 6.45) is 3.00. The molecular weight excluding hydrogens is 210 g/mol. The highest BCUT2D eigenvalue weighted by atomic mass is 16.1. The van der Waals surface area contributed by atoms with E-state index in [0.717, 1.165) is 18.5 Å². The molecule has 2 rings (SSSR count). The van der Waals surface area contributed by atoms with E-state index in [4.69, 9.17) is 0 Å². The van der Waals surface area contributed by atoms with Crippen molar-refractivity contribution in [1.82, 2.24) is 4.57 Å². The molecule has 0 saturated heterocycles. The fraction of sp³-hybridized carbons (Fsp3) is 0.267. The van der Waals surface area contributed by atoms with Gasteiger partial charge in [-0.15, -0.1) is 0 Å². The first-order valence-corrected chi connectivity index (χ1v) is 5.90. The smallest absolute Gasteiger partial charge is 0.166 e. The predicted octanol–water partition coefficient (Wildman–Crippen LogP) is 3.47. The molecule has 0 atom stereocenters. The van der Waals surface area contributed by atoms with Gasteiger partial charge in [0.2, 0.25) is 0 Å². The minimum atomic E-state index is 0.450. The predicted molar refractivity (Wildman–Crippen MR) is 69.5 cm³/mol. The van der Waals surface area contributed by atoms with Crippen LogP contribution in [0.1, 0.15) is 41.4 Å². The normalized spacial score (nSPS) is 10.8. The maximum absolute atomic E-state index is 11.0. The van der Waals surface area contributed by atoms with Crippen molar-refractivity contribution in [1.29, 1.82) is 0 Å². The maximum Gasteiger partial charge on any atom is 0.166 e. The van der Waals surface area contributed by atoms with E-state index >= 15 is 0 Å². The molecule has 2 nitrogen and oxygen atoms in total. The maximum atomic E-state index is 11.0. The standard InChI is InChI=1S/C15H17NO/c1-12(2)14-8-15(11-17)16(10-14)9-13-6-4-3-5-7-13/h3-8,10-12H,9H2,1-2H3. The number of aromatic nitrogens is 1. The Labute approximate surface area is 102 Å². The van der Waals surface area contributed by atoms with E-state index in [0.29, 0.717) is 5.92 Å². The van der Waals surface area contributed by atoms with Crippen molar-refractivity contribution in [2.45, 2.75) is 26.3 Å². The van der Waals surface area contributed by atoms with Crippen molar-refractivity contribution in [2.24, 2.45) is 0 Å². The lowest BCUT2D eigenvalue weighted by atomic mass is 10.1. The van der Waals surface area contributed by atoms with Crippen LogP contribution in [-0.4, -0.2) is 10.9 Å². The Morgan fingerprint density at radius 2 is 1.94 bits per heavy atom. The van der Waals surface area contributed by atoms with Crippen LogP contribution in [0.25, 0.3) is 0 Å². The molecule has 2 heteroatoms. The monoisotopic (exact) mass is 227 g/mol. The summed E-state index contributed by atoms with van der Waals surface area (Å²) in [5.41, 5.74) is 3.17. The van der Waals surface area contributed by atoms with E-state index in [1.807, 2.05) is 28.8 Å². The van der Waals surface area contributed by atoms with Gasteiger partial charge < -0.3 is 4.57 Å². The van der Waals surface area contributed by atoms with E-state index in [2.05, 4.69) is 32.2 Å². The molecule has 1 aromatic carbocycles. The van der Waals surface area contributed by atoms with Crippen molar-refractivity contribution in [2.75, 3.05) is 0 Å². The van der Waals surface area contributed by atoms with Crippen LogP contribution in [0.2, 0.25) is 0 Å². The second kappa shape index (κ2) is 5.00. The molecule has 0 fully saturated rings. The molecule has 0 saturated carbocycles. The van der Waals surface area contributed by atoms with Gasteiger partial charge in [0, 0.05) is 12.7 Å². The van der Waals surface area contributed by atoms with E-state index in [1.54, 1.807) is 0 Å². The Balaban J connectivity index is 2.29. The third-order valence-corrected chi connectivity index (χ3v) is 2.93. The average molecular weight is 227 g/mol. The molecule has 0 aliphatic carbocycles. The van der Waals surface area contributed by atoms with Crippen LogP contribution in [0.3, 0.4) is 0 Å². The molecule has 2 aromatic rings. The van der Waals surface area contributed by atoms with Crippen LogP contribution in [0.15, 0.2) is 42.6 Å². The molecule has 17 heavy (non-hydrogen) atoms. The SMILES string of the molecule is CC(C)c1cc(C=O)n(Cc2ccccc2)c1. The van der Waals surface area contributed by atoms with Crippen molar-refractivity contribution in [3.8, 4) is 0 Å². The highest BCUT2D eigenvalue weighted by Crippen LogP contribution is 2.18. The van der Waals surface area contributed by atoms with Crippen LogP contribution in [0, 0.1) is 0 Å². The first-order valence-electron chi connectivity index (χ1n) is 5.90. The van der Waals surface area contributed by atoms with Gasteiger partial charge in [-0.05, 0) is 23.1 Å². The molecule has 1 heterocycles. The van der Waals surface area contributed by atoms with Gasteiger partial charge in [-0.1, -0.05) is 44.2 Å². The molecular formula is C15H17NO. The molecule has 0 spiro atoms. The summed E-state index contributed by atoms with van der Waals surface area (Å²) >= 11 is 0. The first-order chi connectivity index (χ1) is 8.20. The van der Waals surface area contributed by atoms with Crippen LogP contribution < -0.4 is 0 Å². The summed E-state index contributed by atoms with van der Waals surface area (Å²) in [5.74, 6) is 0.450. The zero-order chi connectivity index (χ0) is 12.3. The molecule has 0 unspecified atom stereocenters.